The zero-order chi connectivity index (χ0) is 21.4. The van der Waals surface area contributed by atoms with Gasteiger partial charge < -0.3 is 24.8 Å². The van der Waals surface area contributed by atoms with Gasteiger partial charge in [-0.2, -0.15) is 20.5 Å². The summed E-state index contributed by atoms with van der Waals surface area (Å²) in [6.45, 7) is 1.56. The number of alkyl halides is 2. The molecule has 11 heteroatoms. The molecule has 31 heavy (non-hydrogen) atoms. The molecule has 1 unspecified atom stereocenters. The van der Waals surface area contributed by atoms with Gasteiger partial charge in [0.1, 0.15) is 11.5 Å². The number of nitrogens with one attached hydrogen (secondary N) is 2. The lowest BCUT2D eigenvalue weighted by Crippen LogP contribution is -2.60. The van der Waals surface area contributed by atoms with Crippen molar-refractivity contribution in [3.8, 4) is 11.5 Å². The number of thioether (sulfide) groups is 1. The lowest BCUT2D eigenvalue weighted by molar-refractivity contribution is -0.0505. The molecule has 176 valence electrons. The van der Waals surface area contributed by atoms with E-state index in [1.54, 1.807) is 19.2 Å². The van der Waals surface area contributed by atoms with Crippen molar-refractivity contribution in [2.24, 2.45) is 4.99 Å². The Labute approximate surface area is 203 Å². The second-order valence-corrected chi connectivity index (χ2v) is 8.36. The minimum Gasteiger partial charge on any atom is -0.497 e. The summed E-state index contributed by atoms with van der Waals surface area (Å²) in [7, 11) is 3.23. The molecule has 0 aliphatic carbocycles. The van der Waals surface area contributed by atoms with E-state index in [0.29, 0.717) is 17.3 Å². The summed E-state index contributed by atoms with van der Waals surface area (Å²) < 4.78 is 40.8. The van der Waals surface area contributed by atoms with Gasteiger partial charge in [0.05, 0.1) is 20.3 Å². The average molecular weight is 572 g/mol. The normalized spacial score (nSPS) is 22.2. The molecule has 2 aliphatic heterocycles. The van der Waals surface area contributed by atoms with Gasteiger partial charge in [-0.15, -0.1) is 24.0 Å². The van der Waals surface area contributed by atoms with Gasteiger partial charge >= 0.3 is 6.61 Å². The number of guanidine groups is 1. The van der Waals surface area contributed by atoms with Gasteiger partial charge in [-0.05, 0) is 30.4 Å². The molecule has 0 saturated carbocycles. The number of hydrogen-bond acceptors (Lipinski definition) is 6. The number of morpholine rings is 1. The molecule has 0 radical (unpaired) electrons. The molecule has 2 fully saturated rings. The highest BCUT2D eigenvalue weighted by atomic mass is 127. The first-order valence-corrected chi connectivity index (χ1v) is 11.2. The van der Waals surface area contributed by atoms with E-state index < -0.39 is 6.61 Å². The van der Waals surface area contributed by atoms with E-state index in [9.17, 15) is 8.78 Å². The largest absolute Gasteiger partial charge is 0.497 e. The van der Waals surface area contributed by atoms with E-state index in [1.807, 2.05) is 11.8 Å². The Bertz CT molecular complexity index is 718. The number of nitrogens with zero attached hydrogens (tertiary/aromatic N) is 2. The lowest BCUT2D eigenvalue weighted by atomic mass is 9.95. The van der Waals surface area contributed by atoms with E-state index in [4.69, 9.17) is 9.47 Å². The third kappa shape index (κ3) is 7.22. The molecule has 1 atom stereocenters. The Morgan fingerprint density at radius 3 is 2.71 bits per heavy atom. The first-order valence-electron chi connectivity index (χ1n) is 10.0. The summed E-state index contributed by atoms with van der Waals surface area (Å²) in [4.78, 5) is 6.82. The third-order valence-electron chi connectivity index (χ3n) is 5.50. The lowest BCUT2D eigenvalue weighted by Gasteiger charge is -2.43. The maximum absolute atomic E-state index is 12.7. The van der Waals surface area contributed by atoms with Crippen LogP contribution in [0.4, 0.5) is 8.78 Å². The molecule has 0 amide bonds. The second kappa shape index (κ2) is 12.9. The van der Waals surface area contributed by atoms with Crippen LogP contribution in [-0.4, -0.2) is 81.5 Å². The second-order valence-electron chi connectivity index (χ2n) is 7.26. The van der Waals surface area contributed by atoms with E-state index in [2.05, 4.69) is 25.3 Å². The number of methoxy groups -OCH3 is 1. The predicted octanol–water partition coefficient (Wildman–Crippen LogP) is 2.79. The van der Waals surface area contributed by atoms with E-state index in [1.165, 1.54) is 13.2 Å². The maximum atomic E-state index is 12.7. The van der Waals surface area contributed by atoms with Gasteiger partial charge in [0.25, 0.3) is 0 Å². The highest BCUT2D eigenvalue weighted by Gasteiger charge is 2.40. The zero-order valence-corrected chi connectivity index (χ0v) is 21.0. The molecular formula is C20H31F2IN4O3S. The molecule has 2 heterocycles. The summed E-state index contributed by atoms with van der Waals surface area (Å²) in [5.74, 6) is 3.52. The fourth-order valence-electron chi connectivity index (χ4n) is 3.81. The van der Waals surface area contributed by atoms with Crippen molar-refractivity contribution in [1.29, 1.82) is 0 Å². The summed E-state index contributed by atoms with van der Waals surface area (Å²) in [5.41, 5.74) is 0.642. The molecule has 2 saturated heterocycles. The first kappa shape index (κ1) is 26.2. The molecule has 1 aromatic rings. The molecular weight excluding hydrogens is 541 g/mol. The Morgan fingerprint density at radius 2 is 2.10 bits per heavy atom. The number of ether oxygens (including phenoxy) is 3. The van der Waals surface area contributed by atoms with Crippen molar-refractivity contribution in [2.45, 2.75) is 25.1 Å². The minimum absolute atomic E-state index is 0. The first-order chi connectivity index (χ1) is 14.6. The van der Waals surface area contributed by atoms with Crippen LogP contribution in [0.5, 0.6) is 11.5 Å². The van der Waals surface area contributed by atoms with Crippen LogP contribution in [0.1, 0.15) is 12.0 Å². The molecule has 0 aromatic heterocycles. The number of hydrogen-bond donors (Lipinski definition) is 2. The summed E-state index contributed by atoms with van der Waals surface area (Å²) in [5, 5.41) is 6.63. The van der Waals surface area contributed by atoms with Crippen molar-refractivity contribution in [3.63, 3.8) is 0 Å². The third-order valence-corrected chi connectivity index (χ3v) is 6.74. The van der Waals surface area contributed by atoms with Crippen LogP contribution < -0.4 is 20.1 Å². The Morgan fingerprint density at radius 1 is 1.32 bits per heavy atom. The van der Waals surface area contributed by atoms with Gasteiger partial charge in [0.15, 0.2) is 5.96 Å². The predicted molar refractivity (Wildman–Crippen MR) is 130 cm³/mol. The Kier molecular flexibility index (Phi) is 10.9. The van der Waals surface area contributed by atoms with E-state index >= 15 is 0 Å². The van der Waals surface area contributed by atoms with E-state index in [-0.39, 0.29) is 41.8 Å². The van der Waals surface area contributed by atoms with Gasteiger partial charge in [0, 0.05) is 50.1 Å². The maximum Gasteiger partial charge on any atom is 0.387 e. The number of rotatable bonds is 8. The van der Waals surface area contributed by atoms with Crippen LogP contribution >= 0.6 is 35.7 Å². The van der Waals surface area contributed by atoms with Crippen molar-refractivity contribution in [1.82, 2.24) is 15.5 Å². The van der Waals surface area contributed by atoms with Crippen LogP contribution in [0.25, 0.3) is 0 Å². The number of aliphatic imine (C=N–C) groups is 1. The quantitative estimate of drug-likeness (QED) is 0.282. The molecule has 2 aliphatic rings. The number of halogens is 3. The Balaban J connectivity index is 0.00000341. The van der Waals surface area contributed by atoms with Gasteiger partial charge in [0.2, 0.25) is 0 Å². The zero-order valence-electron chi connectivity index (χ0n) is 17.9. The van der Waals surface area contributed by atoms with Crippen molar-refractivity contribution >= 4 is 41.7 Å². The highest BCUT2D eigenvalue weighted by molar-refractivity contribution is 14.0. The van der Waals surface area contributed by atoms with Gasteiger partial charge in [-0.3, -0.25) is 9.89 Å². The minimum atomic E-state index is -2.89. The van der Waals surface area contributed by atoms with Crippen LogP contribution in [0.2, 0.25) is 0 Å². The van der Waals surface area contributed by atoms with Crippen LogP contribution in [-0.2, 0) is 11.3 Å². The van der Waals surface area contributed by atoms with Gasteiger partial charge in [-0.25, -0.2) is 0 Å². The fraction of sp³-hybridized carbons (Fsp3) is 0.650. The average Bonchev–Trinajstić information content (AvgIpc) is 3.25. The number of benzene rings is 1. The topological polar surface area (TPSA) is 67.4 Å². The molecule has 3 rings (SSSR count). The summed E-state index contributed by atoms with van der Waals surface area (Å²) in [6.07, 6.45) is 1.12. The molecule has 0 spiro atoms. The summed E-state index contributed by atoms with van der Waals surface area (Å²) >= 11 is 1.97. The standard InChI is InChI=1S/C20H30F2N4O3S.HI/c1-23-19(24-12-15-11-16(27-2)3-4-17(15)29-18(21)22)25-13-20(5-10-30-14-20)26-6-8-28-9-7-26;/h3-4,11,18H,5-10,12-14H2,1-2H3,(H2,23,24,25);1H. The molecule has 2 N–H and O–H groups in total. The van der Waals surface area contributed by atoms with Crippen LogP contribution in [0.15, 0.2) is 23.2 Å². The van der Waals surface area contributed by atoms with E-state index in [0.717, 1.165) is 50.8 Å². The van der Waals surface area contributed by atoms with Crippen molar-refractivity contribution < 1.29 is 23.0 Å². The monoisotopic (exact) mass is 572 g/mol. The van der Waals surface area contributed by atoms with Gasteiger partial charge in [-0.1, -0.05) is 0 Å². The van der Waals surface area contributed by atoms with Crippen molar-refractivity contribution in [3.05, 3.63) is 23.8 Å². The Hall–Kier alpha value is -1.05. The molecule has 1 aromatic carbocycles. The molecule has 7 nitrogen and oxygen atoms in total. The SMILES string of the molecule is CN=C(NCc1cc(OC)ccc1OC(F)F)NCC1(N2CCOCC2)CCSC1.I. The van der Waals surface area contributed by atoms with Crippen LogP contribution in [0.3, 0.4) is 0 Å². The fourth-order valence-corrected chi connectivity index (χ4v) is 5.29. The van der Waals surface area contributed by atoms with Crippen LogP contribution in [0, 0.1) is 0 Å². The summed E-state index contributed by atoms with van der Waals surface area (Å²) in [6, 6.07) is 4.76. The highest BCUT2D eigenvalue weighted by Crippen LogP contribution is 2.33. The molecule has 0 bridgehead atoms. The van der Waals surface area contributed by atoms with Crippen molar-refractivity contribution in [2.75, 3.05) is 58.5 Å². The smallest absolute Gasteiger partial charge is 0.387 e.